The molecule has 1 unspecified atom stereocenters. The third-order valence-electron chi connectivity index (χ3n) is 7.99. The largest absolute Gasteiger partial charge is 0.480 e. The lowest BCUT2D eigenvalue weighted by Gasteiger charge is -2.47. The molecule has 1 amide bonds. The number of aliphatic carboxylic acids is 1. The predicted molar refractivity (Wildman–Crippen MR) is 115 cm³/mol. The summed E-state index contributed by atoms with van der Waals surface area (Å²) in [4.78, 5) is 27.6. The van der Waals surface area contributed by atoms with Gasteiger partial charge in [-0.05, 0) is 76.0 Å². The Hall–Kier alpha value is -2.32. The van der Waals surface area contributed by atoms with Crippen LogP contribution in [0.1, 0.15) is 68.6 Å². The highest BCUT2D eigenvalue weighted by atomic mass is 19.4. The summed E-state index contributed by atoms with van der Waals surface area (Å²) < 4.78 is 55.9. The molecule has 0 radical (unpaired) electrons. The Morgan fingerprint density at radius 1 is 1.12 bits per heavy atom. The van der Waals surface area contributed by atoms with Crippen LogP contribution in [0.25, 0.3) is 0 Å². The van der Waals surface area contributed by atoms with Gasteiger partial charge in [0.05, 0.1) is 11.1 Å². The first-order chi connectivity index (χ1) is 15.5. The van der Waals surface area contributed by atoms with Crippen LogP contribution in [0, 0.1) is 17.2 Å². The first kappa shape index (κ1) is 23.8. The van der Waals surface area contributed by atoms with Crippen molar-refractivity contribution in [1.29, 1.82) is 0 Å². The number of piperidine rings is 1. The number of anilines is 1. The highest BCUT2D eigenvalue weighted by Crippen LogP contribution is 2.57. The maximum Gasteiger partial charge on any atom is 0.394 e. The summed E-state index contributed by atoms with van der Waals surface area (Å²) in [5.74, 6) is -2.40. The second-order valence-electron chi connectivity index (χ2n) is 10.1. The van der Waals surface area contributed by atoms with Gasteiger partial charge in [-0.1, -0.05) is 6.42 Å². The molecule has 33 heavy (non-hydrogen) atoms. The van der Waals surface area contributed by atoms with Crippen molar-refractivity contribution in [1.82, 2.24) is 4.90 Å². The number of hydrogen-bond acceptors (Lipinski definition) is 3. The van der Waals surface area contributed by atoms with Crippen molar-refractivity contribution in [3.05, 3.63) is 29.6 Å². The average Bonchev–Trinajstić information content (AvgIpc) is 3.12. The van der Waals surface area contributed by atoms with E-state index in [0.717, 1.165) is 6.07 Å². The molecule has 2 atom stereocenters. The molecule has 2 saturated heterocycles. The molecular weight excluding hydrogens is 440 g/mol. The quantitative estimate of drug-likeness (QED) is 0.598. The molecule has 3 aliphatic rings. The summed E-state index contributed by atoms with van der Waals surface area (Å²) in [6, 6.07) is 4.08. The fourth-order valence-electron chi connectivity index (χ4n) is 5.77. The Morgan fingerprint density at radius 3 is 2.42 bits per heavy atom. The first-order valence-electron chi connectivity index (χ1n) is 11.6. The molecule has 1 aromatic carbocycles. The minimum absolute atomic E-state index is 0.0738. The first-order valence-corrected chi connectivity index (χ1v) is 11.6. The van der Waals surface area contributed by atoms with Gasteiger partial charge in [0.25, 0.3) is 5.91 Å². The SMILES string of the molecule is C[C@@]1(C(=O)O)CCCN1C(=O)c1ccc(N2CCCC(CC3(C(F)(F)F)CCC3)C2)c(F)c1. The van der Waals surface area contributed by atoms with Crippen molar-refractivity contribution in [2.75, 3.05) is 24.5 Å². The highest BCUT2D eigenvalue weighted by molar-refractivity contribution is 5.98. The van der Waals surface area contributed by atoms with E-state index in [1.165, 1.54) is 24.0 Å². The number of benzene rings is 1. The van der Waals surface area contributed by atoms with E-state index >= 15 is 4.39 Å². The number of hydrogen-bond donors (Lipinski definition) is 1. The molecule has 182 valence electrons. The van der Waals surface area contributed by atoms with Crippen molar-refractivity contribution < 1.29 is 32.3 Å². The summed E-state index contributed by atoms with van der Waals surface area (Å²) >= 11 is 0. The van der Waals surface area contributed by atoms with Crippen LogP contribution in [0.2, 0.25) is 0 Å². The van der Waals surface area contributed by atoms with E-state index in [1.54, 1.807) is 4.90 Å². The van der Waals surface area contributed by atoms with Gasteiger partial charge in [0.15, 0.2) is 0 Å². The lowest BCUT2D eigenvalue weighted by Crippen LogP contribution is -2.50. The molecule has 0 aromatic heterocycles. The van der Waals surface area contributed by atoms with E-state index in [-0.39, 0.29) is 36.4 Å². The molecule has 1 aromatic rings. The molecule has 1 aliphatic carbocycles. The highest BCUT2D eigenvalue weighted by Gasteiger charge is 2.58. The predicted octanol–water partition coefficient (Wildman–Crippen LogP) is 5.24. The lowest BCUT2D eigenvalue weighted by molar-refractivity contribution is -0.257. The van der Waals surface area contributed by atoms with Gasteiger partial charge in [-0.3, -0.25) is 4.79 Å². The lowest BCUT2D eigenvalue weighted by atomic mass is 9.63. The maximum absolute atomic E-state index is 15.1. The van der Waals surface area contributed by atoms with E-state index in [2.05, 4.69) is 0 Å². The van der Waals surface area contributed by atoms with Crippen molar-refractivity contribution >= 4 is 17.6 Å². The van der Waals surface area contributed by atoms with Gasteiger partial charge < -0.3 is 14.9 Å². The fraction of sp³-hybridized carbons (Fsp3) is 0.667. The Bertz CT molecular complexity index is 931. The van der Waals surface area contributed by atoms with E-state index in [4.69, 9.17) is 0 Å². The Kier molecular flexibility index (Phi) is 6.12. The smallest absolute Gasteiger partial charge is 0.394 e. The zero-order chi connectivity index (χ0) is 24.0. The van der Waals surface area contributed by atoms with Gasteiger partial charge in [-0.15, -0.1) is 0 Å². The van der Waals surface area contributed by atoms with Crippen LogP contribution in [0.15, 0.2) is 18.2 Å². The van der Waals surface area contributed by atoms with Gasteiger partial charge in [0.2, 0.25) is 0 Å². The van der Waals surface area contributed by atoms with Crippen molar-refractivity contribution in [2.24, 2.45) is 11.3 Å². The number of carbonyl (C=O) groups excluding carboxylic acids is 1. The van der Waals surface area contributed by atoms with Gasteiger partial charge in [0, 0.05) is 25.2 Å². The van der Waals surface area contributed by atoms with Gasteiger partial charge in [0.1, 0.15) is 11.4 Å². The molecule has 9 heteroatoms. The Morgan fingerprint density at radius 2 is 1.85 bits per heavy atom. The third-order valence-corrected chi connectivity index (χ3v) is 7.99. The zero-order valence-electron chi connectivity index (χ0n) is 18.8. The van der Waals surface area contributed by atoms with Crippen molar-refractivity contribution in [2.45, 2.75) is 70.0 Å². The second-order valence-corrected chi connectivity index (χ2v) is 10.1. The molecule has 0 spiro atoms. The monoisotopic (exact) mass is 470 g/mol. The van der Waals surface area contributed by atoms with Gasteiger partial charge in [-0.25, -0.2) is 9.18 Å². The molecule has 2 aliphatic heterocycles. The molecule has 1 saturated carbocycles. The summed E-state index contributed by atoms with van der Waals surface area (Å²) in [6.07, 6.45) is -0.924. The molecule has 2 heterocycles. The molecule has 4 rings (SSSR count). The number of carboxylic acids is 1. The maximum atomic E-state index is 15.1. The molecule has 1 N–H and O–H groups in total. The zero-order valence-corrected chi connectivity index (χ0v) is 18.8. The molecule has 0 bridgehead atoms. The van der Waals surface area contributed by atoms with Crippen LogP contribution in [0.5, 0.6) is 0 Å². The summed E-state index contributed by atoms with van der Waals surface area (Å²) in [5, 5.41) is 9.54. The van der Waals surface area contributed by atoms with Crippen LogP contribution in [0.4, 0.5) is 23.2 Å². The normalized spacial score (nSPS) is 27.4. The van der Waals surface area contributed by atoms with Crippen LogP contribution in [-0.2, 0) is 4.79 Å². The number of alkyl halides is 3. The molecule has 5 nitrogen and oxygen atoms in total. The minimum atomic E-state index is -4.21. The van der Waals surface area contributed by atoms with Crippen LogP contribution in [-0.4, -0.2) is 53.2 Å². The number of likely N-dealkylation sites (tertiary alicyclic amines) is 1. The summed E-state index contributed by atoms with van der Waals surface area (Å²) in [6.45, 7) is 2.68. The number of amides is 1. The van der Waals surface area contributed by atoms with Crippen LogP contribution in [0.3, 0.4) is 0 Å². The van der Waals surface area contributed by atoms with E-state index in [0.29, 0.717) is 51.7 Å². The average molecular weight is 471 g/mol. The number of carboxylic acid groups (broad SMARTS) is 1. The Balaban J connectivity index is 1.48. The van der Waals surface area contributed by atoms with E-state index in [1.807, 2.05) is 0 Å². The number of carbonyl (C=O) groups is 2. The standard InChI is InChI=1S/C24H30F4N2O3/c1-22(21(32)33)8-4-12-30(22)20(31)17-6-7-19(18(25)13-17)29-11-2-5-16(15-29)14-23(9-3-10-23)24(26,27)28/h6-7,13,16H,2-5,8-12,14-15H2,1H3,(H,32,33)/t16?,22-/m0/s1. The number of nitrogens with zero attached hydrogens (tertiary/aromatic N) is 2. The van der Waals surface area contributed by atoms with E-state index in [9.17, 15) is 27.9 Å². The van der Waals surface area contributed by atoms with Gasteiger partial charge in [-0.2, -0.15) is 13.2 Å². The van der Waals surface area contributed by atoms with Crippen LogP contribution >= 0.6 is 0 Å². The van der Waals surface area contributed by atoms with Crippen molar-refractivity contribution in [3.63, 3.8) is 0 Å². The van der Waals surface area contributed by atoms with Gasteiger partial charge >= 0.3 is 12.1 Å². The number of halogens is 4. The molecule has 3 fully saturated rings. The van der Waals surface area contributed by atoms with E-state index < -0.39 is 34.8 Å². The minimum Gasteiger partial charge on any atom is -0.480 e. The molecular formula is C24H30F4N2O3. The summed E-state index contributed by atoms with van der Waals surface area (Å²) in [5.41, 5.74) is -2.57. The fourth-order valence-corrected chi connectivity index (χ4v) is 5.77. The topological polar surface area (TPSA) is 60.9 Å². The third kappa shape index (κ3) is 4.19. The second kappa shape index (κ2) is 8.47. The Labute approximate surface area is 190 Å². The summed E-state index contributed by atoms with van der Waals surface area (Å²) in [7, 11) is 0. The van der Waals surface area contributed by atoms with Crippen LogP contribution < -0.4 is 4.90 Å². The van der Waals surface area contributed by atoms with Crippen molar-refractivity contribution in [3.8, 4) is 0 Å². The number of rotatable bonds is 5.